The lowest BCUT2D eigenvalue weighted by Gasteiger charge is -2.33. The second-order valence-electron chi connectivity index (χ2n) is 5.01. The van der Waals surface area contributed by atoms with E-state index in [-0.39, 0.29) is 18.1 Å². The summed E-state index contributed by atoms with van der Waals surface area (Å²) >= 11 is 0. The summed E-state index contributed by atoms with van der Waals surface area (Å²) < 4.78 is 19.1. The van der Waals surface area contributed by atoms with E-state index in [1.165, 1.54) is 12.1 Å². The Bertz CT molecular complexity index is 702. The van der Waals surface area contributed by atoms with Crippen LogP contribution in [0, 0.1) is 5.82 Å². The van der Waals surface area contributed by atoms with Crippen LogP contribution in [0.2, 0.25) is 0 Å². The van der Waals surface area contributed by atoms with Crippen LogP contribution in [0.5, 0.6) is 5.75 Å². The molecule has 1 aliphatic heterocycles. The van der Waals surface area contributed by atoms with Gasteiger partial charge in [-0.25, -0.2) is 4.39 Å². The monoisotopic (exact) mass is 286 g/mol. The van der Waals surface area contributed by atoms with E-state index in [0.29, 0.717) is 17.0 Å². The highest BCUT2D eigenvalue weighted by atomic mass is 19.1. The minimum atomic E-state index is -0.557. The minimum Gasteiger partial charge on any atom is -0.479 e. The molecular formula is C16H15FN2O2. The molecule has 0 spiro atoms. The van der Waals surface area contributed by atoms with Crippen molar-refractivity contribution in [2.45, 2.75) is 19.6 Å². The van der Waals surface area contributed by atoms with Gasteiger partial charge in [0.25, 0.3) is 5.91 Å². The SMILES string of the molecule is CC1Oc2ccccc2N(Cc2ccc(N)c(F)c2)C1=O. The molecule has 108 valence electrons. The summed E-state index contributed by atoms with van der Waals surface area (Å²) in [6, 6.07) is 11.9. The van der Waals surface area contributed by atoms with Gasteiger partial charge < -0.3 is 15.4 Å². The number of nitrogen functional groups attached to an aromatic ring is 1. The maximum Gasteiger partial charge on any atom is 0.268 e. The van der Waals surface area contributed by atoms with E-state index in [9.17, 15) is 9.18 Å². The third kappa shape index (κ3) is 2.42. The number of anilines is 2. The predicted octanol–water partition coefficient (Wildman–Crippen LogP) is 2.72. The summed E-state index contributed by atoms with van der Waals surface area (Å²) in [7, 11) is 0. The van der Waals surface area contributed by atoms with Crippen molar-refractivity contribution in [3.8, 4) is 5.75 Å². The fourth-order valence-corrected chi connectivity index (χ4v) is 2.37. The molecule has 2 aromatic carbocycles. The van der Waals surface area contributed by atoms with Crippen molar-refractivity contribution >= 4 is 17.3 Å². The van der Waals surface area contributed by atoms with Gasteiger partial charge in [-0.2, -0.15) is 0 Å². The molecule has 1 aliphatic rings. The molecule has 2 N–H and O–H groups in total. The Morgan fingerprint density at radius 2 is 2.05 bits per heavy atom. The van der Waals surface area contributed by atoms with Gasteiger partial charge in [0, 0.05) is 0 Å². The molecule has 3 rings (SSSR count). The van der Waals surface area contributed by atoms with Gasteiger partial charge in [0.05, 0.1) is 17.9 Å². The highest BCUT2D eigenvalue weighted by Crippen LogP contribution is 2.34. The average molecular weight is 286 g/mol. The first-order chi connectivity index (χ1) is 10.1. The zero-order chi connectivity index (χ0) is 15.0. The van der Waals surface area contributed by atoms with E-state index in [1.807, 2.05) is 24.3 Å². The topological polar surface area (TPSA) is 55.6 Å². The molecule has 0 saturated carbocycles. The molecule has 0 aliphatic carbocycles. The molecule has 1 atom stereocenters. The second kappa shape index (κ2) is 5.09. The number of carbonyl (C=O) groups excluding carboxylic acids is 1. The quantitative estimate of drug-likeness (QED) is 0.864. The van der Waals surface area contributed by atoms with Crippen LogP contribution in [0.3, 0.4) is 0 Å². The molecule has 0 saturated heterocycles. The van der Waals surface area contributed by atoms with Crippen LogP contribution in [0.15, 0.2) is 42.5 Å². The summed E-state index contributed by atoms with van der Waals surface area (Å²) in [5.41, 5.74) is 6.94. The number of carbonyl (C=O) groups is 1. The average Bonchev–Trinajstić information content (AvgIpc) is 2.47. The van der Waals surface area contributed by atoms with Crippen LogP contribution in [0.1, 0.15) is 12.5 Å². The molecular weight excluding hydrogens is 271 g/mol. The van der Waals surface area contributed by atoms with Crippen molar-refractivity contribution in [1.29, 1.82) is 0 Å². The standard InChI is InChI=1S/C16H15FN2O2/c1-10-16(20)19(14-4-2-3-5-15(14)21-10)9-11-6-7-13(18)12(17)8-11/h2-8,10H,9,18H2,1H3. The van der Waals surface area contributed by atoms with Gasteiger partial charge in [-0.3, -0.25) is 4.79 Å². The van der Waals surface area contributed by atoms with E-state index < -0.39 is 11.9 Å². The fraction of sp³-hybridized carbons (Fsp3) is 0.188. The third-order valence-corrected chi connectivity index (χ3v) is 3.48. The smallest absolute Gasteiger partial charge is 0.268 e. The molecule has 0 radical (unpaired) electrons. The van der Waals surface area contributed by atoms with E-state index >= 15 is 0 Å². The number of rotatable bonds is 2. The Labute approximate surface area is 121 Å². The van der Waals surface area contributed by atoms with Gasteiger partial charge in [-0.15, -0.1) is 0 Å². The van der Waals surface area contributed by atoms with Crippen LogP contribution in [0.4, 0.5) is 15.8 Å². The number of fused-ring (bicyclic) bond motifs is 1. The van der Waals surface area contributed by atoms with Gasteiger partial charge in [-0.1, -0.05) is 18.2 Å². The molecule has 1 unspecified atom stereocenters. The Morgan fingerprint density at radius 3 is 2.81 bits per heavy atom. The Hall–Kier alpha value is -2.56. The Kier molecular flexibility index (Phi) is 3.25. The number of nitrogens with zero attached hydrogens (tertiary/aromatic N) is 1. The molecule has 21 heavy (non-hydrogen) atoms. The summed E-state index contributed by atoms with van der Waals surface area (Å²) in [5.74, 6) is 0.0287. The number of ether oxygens (including phenoxy) is 1. The number of benzene rings is 2. The molecule has 2 aromatic rings. The number of amides is 1. The predicted molar refractivity (Wildman–Crippen MR) is 78.5 cm³/mol. The molecule has 1 amide bonds. The first-order valence-corrected chi connectivity index (χ1v) is 6.67. The number of para-hydroxylation sites is 2. The zero-order valence-corrected chi connectivity index (χ0v) is 11.5. The van der Waals surface area contributed by atoms with Gasteiger partial charge >= 0.3 is 0 Å². The Balaban J connectivity index is 1.96. The highest BCUT2D eigenvalue weighted by Gasteiger charge is 2.31. The third-order valence-electron chi connectivity index (χ3n) is 3.48. The van der Waals surface area contributed by atoms with E-state index in [0.717, 1.165) is 0 Å². The van der Waals surface area contributed by atoms with Crippen LogP contribution in [-0.4, -0.2) is 12.0 Å². The van der Waals surface area contributed by atoms with Crippen LogP contribution in [0.25, 0.3) is 0 Å². The molecule has 0 fully saturated rings. The number of nitrogens with two attached hydrogens (primary N) is 1. The maximum absolute atomic E-state index is 13.5. The van der Waals surface area contributed by atoms with Crippen molar-refractivity contribution in [3.63, 3.8) is 0 Å². The van der Waals surface area contributed by atoms with Gasteiger partial charge in [0.15, 0.2) is 6.10 Å². The van der Waals surface area contributed by atoms with E-state index in [1.54, 1.807) is 17.9 Å². The first-order valence-electron chi connectivity index (χ1n) is 6.67. The first kappa shape index (κ1) is 13.4. The largest absolute Gasteiger partial charge is 0.479 e. The molecule has 0 aromatic heterocycles. The molecule has 5 heteroatoms. The fourth-order valence-electron chi connectivity index (χ4n) is 2.37. The lowest BCUT2D eigenvalue weighted by molar-refractivity contribution is -0.125. The zero-order valence-electron chi connectivity index (χ0n) is 11.5. The van der Waals surface area contributed by atoms with Crippen molar-refractivity contribution in [2.75, 3.05) is 10.6 Å². The van der Waals surface area contributed by atoms with Gasteiger partial charge in [-0.05, 0) is 36.8 Å². The van der Waals surface area contributed by atoms with Crippen molar-refractivity contribution in [3.05, 3.63) is 53.8 Å². The van der Waals surface area contributed by atoms with Crippen LogP contribution >= 0.6 is 0 Å². The summed E-state index contributed by atoms with van der Waals surface area (Å²) in [6.07, 6.45) is -0.557. The van der Waals surface area contributed by atoms with Crippen molar-refractivity contribution in [2.24, 2.45) is 0 Å². The lowest BCUT2D eigenvalue weighted by atomic mass is 10.1. The molecule has 1 heterocycles. The molecule has 4 nitrogen and oxygen atoms in total. The van der Waals surface area contributed by atoms with E-state index in [2.05, 4.69) is 0 Å². The number of hydrogen-bond donors (Lipinski definition) is 1. The number of hydrogen-bond acceptors (Lipinski definition) is 3. The van der Waals surface area contributed by atoms with Gasteiger partial charge in [0.1, 0.15) is 11.6 Å². The van der Waals surface area contributed by atoms with Crippen LogP contribution < -0.4 is 15.4 Å². The van der Waals surface area contributed by atoms with Gasteiger partial charge in [0.2, 0.25) is 0 Å². The maximum atomic E-state index is 13.5. The van der Waals surface area contributed by atoms with Crippen LogP contribution in [-0.2, 0) is 11.3 Å². The number of halogens is 1. The summed E-state index contributed by atoms with van der Waals surface area (Å²) in [5, 5.41) is 0. The van der Waals surface area contributed by atoms with Crippen molar-refractivity contribution < 1.29 is 13.9 Å². The highest BCUT2D eigenvalue weighted by molar-refractivity contribution is 5.99. The van der Waals surface area contributed by atoms with Crippen molar-refractivity contribution in [1.82, 2.24) is 0 Å². The summed E-state index contributed by atoms with van der Waals surface area (Å²) in [4.78, 5) is 13.9. The second-order valence-corrected chi connectivity index (χ2v) is 5.01. The van der Waals surface area contributed by atoms with E-state index in [4.69, 9.17) is 10.5 Å². The summed E-state index contributed by atoms with van der Waals surface area (Å²) in [6.45, 7) is 1.98. The Morgan fingerprint density at radius 1 is 1.29 bits per heavy atom. The normalized spacial score (nSPS) is 17.3. The minimum absolute atomic E-state index is 0.0980. The molecule has 0 bridgehead atoms. The lowest BCUT2D eigenvalue weighted by Crippen LogP contribution is -2.43.